The highest BCUT2D eigenvalue weighted by molar-refractivity contribution is 5.48. The van der Waals surface area contributed by atoms with Gasteiger partial charge in [0.2, 0.25) is 0 Å². The van der Waals surface area contributed by atoms with Crippen LogP contribution in [0.3, 0.4) is 0 Å². The van der Waals surface area contributed by atoms with Gasteiger partial charge in [-0.2, -0.15) is 0 Å². The normalized spacial score (nSPS) is 15.4. The molecule has 0 unspecified atom stereocenters. The summed E-state index contributed by atoms with van der Waals surface area (Å²) in [6.45, 7) is 3.56. The van der Waals surface area contributed by atoms with Crippen molar-refractivity contribution < 1.29 is 14.4 Å². The Morgan fingerprint density at radius 1 is 1.32 bits per heavy atom. The maximum atomic E-state index is 10.7. The zero-order valence-corrected chi connectivity index (χ0v) is 11.0. The number of hydrogen-bond donors (Lipinski definition) is 0. The number of nitro groups is 1. The molecule has 0 saturated carbocycles. The van der Waals surface area contributed by atoms with E-state index >= 15 is 0 Å². The van der Waals surface area contributed by atoms with E-state index in [9.17, 15) is 10.1 Å². The Morgan fingerprint density at radius 2 is 2.05 bits per heavy atom. The van der Waals surface area contributed by atoms with E-state index in [1.165, 1.54) is 32.1 Å². The molecule has 1 heterocycles. The van der Waals surface area contributed by atoms with E-state index in [1.807, 2.05) is 0 Å². The monoisotopic (exact) mass is 266 g/mol. The summed E-state index contributed by atoms with van der Waals surface area (Å²) in [5.41, 5.74) is 0.0111. The molecule has 2 rings (SSSR count). The number of ether oxygens (including phenoxy) is 2. The lowest BCUT2D eigenvalue weighted by Gasteiger charge is -2.16. The molecule has 1 aromatic carbocycles. The highest BCUT2D eigenvalue weighted by atomic mass is 16.6. The highest BCUT2D eigenvalue weighted by Crippen LogP contribution is 2.31. The van der Waals surface area contributed by atoms with Gasteiger partial charge in [-0.05, 0) is 32.0 Å². The summed E-state index contributed by atoms with van der Waals surface area (Å²) >= 11 is 0. The van der Waals surface area contributed by atoms with Crippen LogP contribution in [-0.4, -0.2) is 43.2 Å². The van der Waals surface area contributed by atoms with Crippen molar-refractivity contribution in [2.45, 2.75) is 12.8 Å². The molecular formula is C13H18N2O4. The number of methoxy groups -OCH3 is 1. The van der Waals surface area contributed by atoms with Crippen molar-refractivity contribution in [3.63, 3.8) is 0 Å². The van der Waals surface area contributed by atoms with Crippen LogP contribution in [0.5, 0.6) is 11.5 Å². The summed E-state index contributed by atoms with van der Waals surface area (Å²) in [6.07, 6.45) is 2.47. The molecule has 0 aromatic heterocycles. The van der Waals surface area contributed by atoms with Crippen LogP contribution in [0.2, 0.25) is 0 Å². The molecule has 0 radical (unpaired) electrons. The van der Waals surface area contributed by atoms with E-state index in [4.69, 9.17) is 9.47 Å². The third-order valence-electron chi connectivity index (χ3n) is 3.22. The first-order chi connectivity index (χ1) is 9.20. The van der Waals surface area contributed by atoms with E-state index in [-0.39, 0.29) is 5.69 Å². The van der Waals surface area contributed by atoms with Gasteiger partial charge < -0.3 is 9.47 Å². The molecular weight excluding hydrogens is 248 g/mol. The number of rotatable bonds is 6. The summed E-state index contributed by atoms with van der Waals surface area (Å²) in [5, 5.41) is 10.7. The molecule has 0 aliphatic carbocycles. The second kappa shape index (κ2) is 6.38. The van der Waals surface area contributed by atoms with Crippen molar-refractivity contribution in [2.75, 3.05) is 33.4 Å². The third kappa shape index (κ3) is 3.57. The van der Waals surface area contributed by atoms with E-state index in [0.717, 1.165) is 19.6 Å². The predicted octanol–water partition coefficient (Wildman–Crippen LogP) is 2.08. The van der Waals surface area contributed by atoms with Gasteiger partial charge in [0.15, 0.2) is 11.5 Å². The molecule has 0 bridgehead atoms. The average Bonchev–Trinajstić information content (AvgIpc) is 2.91. The van der Waals surface area contributed by atoms with Gasteiger partial charge in [-0.15, -0.1) is 0 Å². The van der Waals surface area contributed by atoms with Crippen LogP contribution in [-0.2, 0) is 0 Å². The molecule has 1 aliphatic rings. The molecule has 6 nitrogen and oxygen atoms in total. The smallest absolute Gasteiger partial charge is 0.273 e. The fourth-order valence-electron chi connectivity index (χ4n) is 2.18. The SMILES string of the molecule is COc1ccc([N+](=O)[O-])cc1OCCN1CCCC1. The van der Waals surface area contributed by atoms with Crippen LogP contribution in [0, 0.1) is 10.1 Å². The molecule has 6 heteroatoms. The van der Waals surface area contributed by atoms with Crippen LogP contribution < -0.4 is 9.47 Å². The van der Waals surface area contributed by atoms with Crippen molar-refractivity contribution in [3.8, 4) is 11.5 Å². The third-order valence-corrected chi connectivity index (χ3v) is 3.22. The van der Waals surface area contributed by atoms with Crippen molar-refractivity contribution in [1.82, 2.24) is 4.90 Å². The summed E-state index contributed by atoms with van der Waals surface area (Å²) in [5.74, 6) is 0.947. The summed E-state index contributed by atoms with van der Waals surface area (Å²) in [7, 11) is 1.52. The summed E-state index contributed by atoms with van der Waals surface area (Å²) in [6, 6.07) is 4.37. The largest absolute Gasteiger partial charge is 0.493 e. The standard InChI is InChI=1S/C13H18N2O4/c1-18-12-5-4-11(15(16)17)10-13(12)19-9-8-14-6-2-3-7-14/h4-5,10H,2-3,6-9H2,1H3. The average molecular weight is 266 g/mol. The number of hydrogen-bond acceptors (Lipinski definition) is 5. The van der Waals surface area contributed by atoms with Crippen molar-refractivity contribution in [1.29, 1.82) is 0 Å². The lowest BCUT2D eigenvalue weighted by Crippen LogP contribution is -2.25. The Kier molecular flexibility index (Phi) is 4.57. The van der Waals surface area contributed by atoms with Gasteiger partial charge in [-0.25, -0.2) is 0 Å². The Hall–Kier alpha value is -1.82. The van der Waals surface area contributed by atoms with E-state index in [1.54, 1.807) is 6.07 Å². The van der Waals surface area contributed by atoms with Crippen LogP contribution in [0.25, 0.3) is 0 Å². The molecule has 0 N–H and O–H groups in total. The molecule has 19 heavy (non-hydrogen) atoms. The maximum Gasteiger partial charge on any atom is 0.273 e. The maximum absolute atomic E-state index is 10.7. The molecule has 0 amide bonds. The zero-order chi connectivity index (χ0) is 13.7. The van der Waals surface area contributed by atoms with Gasteiger partial charge in [0.25, 0.3) is 5.69 Å². The topological polar surface area (TPSA) is 64.8 Å². The van der Waals surface area contributed by atoms with Crippen LogP contribution >= 0.6 is 0 Å². The van der Waals surface area contributed by atoms with Crippen LogP contribution in [0.1, 0.15) is 12.8 Å². The molecule has 1 saturated heterocycles. The minimum Gasteiger partial charge on any atom is -0.493 e. The molecule has 0 spiro atoms. The van der Waals surface area contributed by atoms with Crippen molar-refractivity contribution in [2.24, 2.45) is 0 Å². The fourth-order valence-corrected chi connectivity index (χ4v) is 2.18. The summed E-state index contributed by atoms with van der Waals surface area (Å²) < 4.78 is 10.8. The Bertz CT molecular complexity index is 444. The Labute approximate surface area is 112 Å². The van der Waals surface area contributed by atoms with E-state index in [2.05, 4.69) is 4.90 Å². The highest BCUT2D eigenvalue weighted by Gasteiger charge is 2.14. The van der Waals surface area contributed by atoms with Gasteiger partial charge in [0.1, 0.15) is 6.61 Å². The second-order valence-corrected chi connectivity index (χ2v) is 4.49. The van der Waals surface area contributed by atoms with Gasteiger partial charge >= 0.3 is 0 Å². The lowest BCUT2D eigenvalue weighted by atomic mass is 10.3. The first-order valence-electron chi connectivity index (χ1n) is 6.38. The van der Waals surface area contributed by atoms with Gasteiger partial charge in [0.05, 0.1) is 18.1 Å². The number of nitro benzene ring substituents is 1. The fraction of sp³-hybridized carbons (Fsp3) is 0.538. The van der Waals surface area contributed by atoms with Gasteiger partial charge in [-0.1, -0.05) is 0 Å². The van der Waals surface area contributed by atoms with E-state index in [0.29, 0.717) is 18.1 Å². The van der Waals surface area contributed by atoms with Crippen molar-refractivity contribution >= 4 is 5.69 Å². The lowest BCUT2D eigenvalue weighted by molar-refractivity contribution is -0.385. The second-order valence-electron chi connectivity index (χ2n) is 4.49. The number of likely N-dealkylation sites (tertiary alicyclic amines) is 1. The minimum atomic E-state index is -0.438. The Morgan fingerprint density at radius 3 is 2.68 bits per heavy atom. The molecule has 1 fully saturated rings. The molecule has 0 atom stereocenters. The van der Waals surface area contributed by atoms with Crippen LogP contribution in [0.15, 0.2) is 18.2 Å². The molecule has 1 aromatic rings. The molecule has 1 aliphatic heterocycles. The van der Waals surface area contributed by atoms with Crippen molar-refractivity contribution in [3.05, 3.63) is 28.3 Å². The first-order valence-corrected chi connectivity index (χ1v) is 6.38. The van der Waals surface area contributed by atoms with E-state index < -0.39 is 4.92 Å². The van der Waals surface area contributed by atoms with Gasteiger partial charge in [-0.3, -0.25) is 15.0 Å². The predicted molar refractivity (Wildman–Crippen MR) is 70.8 cm³/mol. The first kappa shape index (κ1) is 13.6. The number of nitrogens with zero attached hydrogens (tertiary/aromatic N) is 2. The quantitative estimate of drug-likeness (QED) is 0.582. The van der Waals surface area contributed by atoms with Crippen LogP contribution in [0.4, 0.5) is 5.69 Å². The summed E-state index contributed by atoms with van der Waals surface area (Å²) in [4.78, 5) is 12.6. The number of benzene rings is 1. The minimum absolute atomic E-state index is 0.0111. The zero-order valence-electron chi connectivity index (χ0n) is 11.0. The number of non-ortho nitro benzene ring substituents is 1. The Balaban J connectivity index is 1.96. The van der Waals surface area contributed by atoms with Gasteiger partial charge in [0, 0.05) is 12.6 Å². The molecule has 104 valence electrons.